The number of rotatable bonds is 5. The van der Waals surface area contributed by atoms with Crippen molar-refractivity contribution in [2.45, 2.75) is 26.7 Å². The number of allylic oxidation sites excluding steroid dienone is 2. The smallest absolute Gasteiger partial charge is 0.372 e. The normalized spacial score (nSPS) is 11.5. The molecule has 2 N–H and O–H groups in total. The zero-order valence-corrected chi connectivity index (χ0v) is 9.69. The van der Waals surface area contributed by atoms with Crippen LogP contribution in [0.25, 0.3) is 5.57 Å². The molecule has 0 saturated heterocycles. The van der Waals surface area contributed by atoms with Gasteiger partial charge in [-0.1, -0.05) is 19.4 Å². The van der Waals surface area contributed by atoms with Crippen LogP contribution in [0.5, 0.6) is 0 Å². The fourth-order valence-electron chi connectivity index (χ4n) is 1.42. The van der Waals surface area contributed by atoms with E-state index >= 15 is 0 Å². The Morgan fingerprint density at radius 2 is 2.00 bits per heavy atom. The van der Waals surface area contributed by atoms with Gasteiger partial charge in [0.05, 0.1) is 0 Å². The third kappa shape index (κ3) is 2.96. The van der Waals surface area contributed by atoms with Gasteiger partial charge >= 0.3 is 11.9 Å². The molecule has 0 radical (unpaired) electrons. The van der Waals surface area contributed by atoms with Gasteiger partial charge in [0.25, 0.3) is 0 Å². The molecular weight excluding hydrogens is 224 g/mol. The van der Waals surface area contributed by atoms with Gasteiger partial charge in [0.1, 0.15) is 0 Å². The van der Waals surface area contributed by atoms with E-state index in [4.69, 9.17) is 14.6 Å². The van der Waals surface area contributed by atoms with E-state index in [0.29, 0.717) is 11.1 Å². The maximum Gasteiger partial charge on any atom is 0.372 e. The van der Waals surface area contributed by atoms with Gasteiger partial charge in [-0.15, -0.1) is 0 Å². The van der Waals surface area contributed by atoms with Crippen molar-refractivity contribution in [2.75, 3.05) is 0 Å². The van der Waals surface area contributed by atoms with Crippen LogP contribution in [0.1, 0.15) is 53.4 Å². The number of unbranched alkanes of at least 4 members (excludes halogenated alkanes) is 1. The Morgan fingerprint density at radius 3 is 2.47 bits per heavy atom. The fraction of sp³-hybridized carbons (Fsp3) is 0.333. The van der Waals surface area contributed by atoms with Crippen molar-refractivity contribution in [3.05, 3.63) is 29.2 Å². The van der Waals surface area contributed by atoms with Crippen molar-refractivity contribution < 1.29 is 24.2 Å². The minimum atomic E-state index is -1.28. The van der Waals surface area contributed by atoms with E-state index in [9.17, 15) is 9.59 Å². The minimum Gasteiger partial charge on any atom is -0.475 e. The van der Waals surface area contributed by atoms with E-state index in [1.54, 1.807) is 6.92 Å². The largest absolute Gasteiger partial charge is 0.475 e. The van der Waals surface area contributed by atoms with E-state index < -0.39 is 11.9 Å². The van der Waals surface area contributed by atoms with Crippen LogP contribution in [-0.4, -0.2) is 22.2 Å². The van der Waals surface area contributed by atoms with Crippen LogP contribution in [0.15, 0.2) is 16.6 Å². The Bertz CT molecular complexity index is 467. The fourth-order valence-corrected chi connectivity index (χ4v) is 1.42. The second-order valence-electron chi connectivity index (χ2n) is 3.64. The molecule has 5 heteroatoms. The first-order valence-corrected chi connectivity index (χ1v) is 5.25. The molecule has 5 nitrogen and oxygen atoms in total. The van der Waals surface area contributed by atoms with Gasteiger partial charge in [-0.2, -0.15) is 0 Å². The molecule has 0 aliphatic heterocycles. The molecule has 0 amide bonds. The third-order valence-corrected chi connectivity index (χ3v) is 2.30. The number of carbonyl (C=O) groups is 2. The molecule has 1 aromatic heterocycles. The molecule has 0 bridgehead atoms. The Hall–Kier alpha value is -2.04. The molecule has 0 saturated carbocycles. The summed E-state index contributed by atoms with van der Waals surface area (Å²) in [7, 11) is 0. The zero-order valence-electron chi connectivity index (χ0n) is 9.69. The summed E-state index contributed by atoms with van der Waals surface area (Å²) < 4.78 is 4.80. The highest BCUT2D eigenvalue weighted by atomic mass is 16.4. The highest BCUT2D eigenvalue weighted by molar-refractivity contribution is 5.94. The molecule has 17 heavy (non-hydrogen) atoms. The van der Waals surface area contributed by atoms with Gasteiger partial charge in [0.2, 0.25) is 11.5 Å². The number of aromatic carboxylic acids is 2. The van der Waals surface area contributed by atoms with Crippen molar-refractivity contribution in [3.8, 4) is 0 Å². The van der Waals surface area contributed by atoms with Crippen LogP contribution in [-0.2, 0) is 0 Å². The topological polar surface area (TPSA) is 87.7 Å². The van der Waals surface area contributed by atoms with Crippen molar-refractivity contribution in [1.82, 2.24) is 0 Å². The average Bonchev–Trinajstić information content (AvgIpc) is 2.70. The van der Waals surface area contributed by atoms with Gasteiger partial charge in [0, 0.05) is 5.56 Å². The maximum atomic E-state index is 10.9. The molecule has 92 valence electrons. The number of furan rings is 1. The molecule has 0 spiro atoms. The minimum absolute atomic E-state index is 0.323. The number of hydrogen-bond acceptors (Lipinski definition) is 3. The second-order valence-corrected chi connectivity index (χ2v) is 3.64. The SMILES string of the molecule is CCCC=C(C)c1cc(C(=O)O)oc1C(=O)O. The third-order valence-electron chi connectivity index (χ3n) is 2.30. The van der Waals surface area contributed by atoms with E-state index in [2.05, 4.69) is 0 Å². The lowest BCUT2D eigenvalue weighted by atomic mass is 10.1. The molecular formula is C12H14O5. The van der Waals surface area contributed by atoms with Crippen LogP contribution < -0.4 is 0 Å². The Kier molecular flexibility index (Phi) is 4.09. The van der Waals surface area contributed by atoms with Crippen molar-refractivity contribution in [2.24, 2.45) is 0 Å². The Labute approximate surface area is 98.4 Å². The predicted molar refractivity (Wildman–Crippen MR) is 61.2 cm³/mol. The van der Waals surface area contributed by atoms with E-state index in [1.807, 2.05) is 13.0 Å². The highest BCUT2D eigenvalue weighted by Gasteiger charge is 2.21. The standard InChI is InChI=1S/C12H14O5/c1-3-4-5-7(2)8-6-9(11(13)14)17-10(8)12(15)16/h5-6H,3-4H2,1-2H3,(H,13,14)(H,15,16). The number of carboxylic acids is 2. The summed E-state index contributed by atoms with van der Waals surface area (Å²) in [6.07, 6.45) is 3.60. The number of hydrogen-bond donors (Lipinski definition) is 2. The Morgan fingerprint density at radius 1 is 1.35 bits per heavy atom. The zero-order chi connectivity index (χ0) is 13.0. The molecule has 0 aliphatic carbocycles. The summed E-state index contributed by atoms with van der Waals surface area (Å²) in [5.74, 6) is -3.23. The summed E-state index contributed by atoms with van der Waals surface area (Å²) in [6.45, 7) is 3.73. The van der Waals surface area contributed by atoms with Crippen molar-refractivity contribution in [1.29, 1.82) is 0 Å². The van der Waals surface area contributed by atoms with E-state index in [0.717, 1.165) is 12.8 Å². The Balaban J connectivity index is 3.21. The first-order valence-electron chi connectivity index (χ1n) is 5.25. The van der Waals surface area contributed by atoms with E-state index in [-0.39, 0.29) is 11.5 Å². The summed E-state index contributed by atoms with van der Waals surface area (Å²) >= 11 is 0. The second kappa shape index (κ2) is 5.34. The van der Waals surface area contributed by atoms with Crippen LogP contribution in [0.2, 0.25) is 0 Å². The van der Waals surface area contributed by atoms with Gasteiger partial charge in [-0.3, -0.25) is 0 Å². The lowest BCUT2D eigenvalue weighted by molar-refractivity contribution is 0.0631. The maximum absolute atomic E-state index is 10.9. The van der Waals surface area contributed by atoms with Crippen molar-refractivity contribution >= 4 is 17.5 Å². The van der Waals surface area contributed by atoms with Gasteiger partial charge in [0.15, 0.2) is 0 Å². The van der Waals surface area contributed by atoms with Crippen LogP contribution in [0, 0.1) is 0 Å². The van der Waals surface area contributed by atoms with E-state index in [1.165, 1.54) is 6.07 Å². The van der Waals surface area contributed by atoms with Crippen molar-refractivity contribution in [3.63, 3.8) is 0 Å². The quantitative estimate of drug-likeness (QED) is 0.823. The van der Waals surface area contributed by atoms with Gasteiger partial charge in [-0.05, 0) is 25.0 Å². The molecule has 0 aromatic carbocycles. The first kappa shape index (κ1) is 13.0. The van der Waals surface area contributed by atoms with Crippen LogP contribution in [0.3, 0.4) is 0 Å². The molecule has 0 atom stereocenters. The van der Waals surface area contributed by atoms with Gasteiger partial charge in [-0.25, -0.2) is 9.59 Å². The molecule has 0 aliphatic rings. The molecule has 1 heterocycles. The van der Waals surface area contributed by atoms with Crippen LogP contribution in [0.4, 0.5) is 0 Å². The summed E-state index contributed by atoms with van der Waals surface area (Å²) in [5, 5.41) is 17.7. The van der Waals surface area contributed by atoms with Gasteiger partial charge < -0.3 is 14.6 Å². The highest BCUT2D eigenvalue weighted by Crippen LogP contribution is 2.24. The average molecular weight is 238 g/mol. The summed E-state index contributed by atoms with van der Waals surface area (Å²) in [4.78, 5) is 21.6. The molecule has 1 aromatic rings. The molecule has 0 fully saturated rings. The summed E-state index contributed by atoms with van der Waals surface area (Å²) in [6, 6.07) is 1.24. The molecule has 1 rings (SSSR count). The lowest BCUT2D eigenvalue weighted by Crippen LogP contribution is -1.97. The summed E-state index contributed by atoms with van der Waals surface area (Å²) in [5.41, 5.74) is 1.03. The molecule has 0 unspecified atom stereocenters. The lowest BCUT2D eigenvalue weighted by Gasteiger charge is -1.98. The first-order chi connectivity index (χ1) is 7.97. The number of carboxylic acid groups (broad SMARTS) is 2. The monoisotopic (exact) mass is 238 g/mol. The van der Waals surface area contributed by atoms with Crippen LogP contribution >= 0.6 is 0 Å². The predicted octanol–water partition coefficient (Wildman–Crippen LogP) is 2.88.